The van der Waals surface area contributed by atoms with Crippen molar-refractivity contribution in [2.45, 2.75) is 57.4 Å². The van der Waals surface area contributed by atoms with E-state index in [2.05, 4.69) is 11.4 Å². The van der Waals surface area contributed by atoms with Crippen LogP contribution in [0.2, 0.25) is 0 Å². The monoisotopic (exact) mass is 289 g/mol. The van der Waals surface area contributed by atoms with Gasteiger partial charge in [0, 0.05) is 5.54 Å². The van der Waals surface area contributed by atoms with E-state index >= 15 is 0 Å². The zero-order valence-electron chi connectivity index (χ0n) is 12.9. The fourth-order valence-electron chi connectivity index (χ4n) is 2.97. The maximum Gasteiger partial charge on any atom is 0.305 e. The van der Waals surface area contributed by atoms with E-state index in [1.165, 1.54) is 0 Å². The first-order chi connectivity index (χ1) is 9.75. The lowest BCUT2D eigenvalue weighted by molar-refractivity contribution is -0.139. The molecule has 0 spiro atoms. The van der Waals surface area contributed by atoms with Crippen LogP contribution >= 0.6 is 0 Å². The van der Waals surface area contributed by atoms with Crippen molar-refractivity contribution < 1.29 is 14.7 Å². The zero-order valence-corrected chi connectivity index (χ0v) is 12.9. The Bertz CT molecular complexity index is 559. The Labute approximate surface area is 125 Å². The summed E-state index contributed by atoms with van der Waals surface area (Å²) >= 11 is 0. The molecule has 0 radical (unpaired) electrons. The molecule has 0 heterocycles. The standard InChI is InChI=1S/C17H23NO3/c1-12-6-4-7-13(10-12)17(8-5-9-17)15(21)18-16(2,3)11-14(19)20/h4,6-7,10H,5,8-9,11H2,1-3H3,(H,18,21)(H,19,20). The molecule has 1 saturated carbocycles. The van der Waals surface area contributed by atoms with E-state index in [-0.39, 0.29) is 12.3 Å². The summed E-state index contributed by atoms with van der Waals surface area (Å²) in [6, 6.07) is 8.04. The van der Waals surface area contributed by atoms with Crippen LogP contribution in [0.3, 0.4) is 0 Å². The maximum atomic E-state index is 12.8. The average Bonchev–Trinajstić information content (AvgIpc) is 2.24. The Morgan fingerprint density at radius 2 is 2.00 bits per heavy atom. The Morgan fingerprint density at radius 1 is 1.33 bits per heavy atom. The van der Waals surface area contributed by atoms with Gasteiger partial charge < -0.3 is 10.4 Å². The van der Waals surface area contributed by atoms with Crippen molar-refractivity contribution in [3.05, 3.63) is 35.4 Å². The highest BCUT2D eigenvalue weighted by Crippen LogP contribution is 2.44. The van der Waals surface area contributed by atoms with Gasteiger partial charge in [0.25, 0.3) is 0 Å². The third-order valence-electron chi connectivity index (χ3n) is 4.26. The molecule has 1 fully saturated rings. The second-order valence-electron chi connectivity index (χ2n) is 6.71. The van der Waals surface area contributed by atoms with Crippen molar-refractivity contribution in [1.29, 1.82) is 0 Å². The van der Waals surface area contributed by atoms with Gasteiger partial charge >= 0.3 is 5.97 Å². The number of hydrogen-bond donors (Lipinski definition) is 2. The van der Waals surface area contributed by atoms with E-state index in [0.717, 1.165) is 30.4 Å². The molecule has 4 nitrogen and oxygen atoms in total. The predicted molar refractivity (Wildman–Crippen MR) is 81.2 cm³/mol. The molecule has 1 amide bonds. The minimum atomic E-state index is -0.904. The van der Waals surface area contributed by atoms with Crippen LogP contribution in [0.25, 0.3) is 0 Å². The molecule has 0 unspecified atom stereocenters. The summed E-state index contributed by atoms with van der Waals surface area (Å²) in [4.78, 5) is 23.6. The summed E-state index contributed by atoms with van der Waals surface area (Å²) in [6.07, 6.45) is 2.60. The SMILES string of the molecule is Cc1cccc(C2(C(=O)NC(C)(C)CC(=O)O)CCC2)c1. The second-order valence-corrected chi connectivity index (χ2v) is 6.71. The second kappa shape index (κ2) is 5.51. The van der Waals surface area contributed by atoms with E-state index in [0.29, 0.717) is 0 Å². The summed E-state index contributed by atoms with van der Waals surface area (Å²) in [5.74, 6) is -0.955. The third-order valence-corrected chi connectivity index (χ3v) is 4.26. The molecule has 0 saturated heterocycles. The molecule has 114 valence electrons. The van der Waals surface area contributed by atoms with Crippen molar-refractivity contribution in [2.75, 3.05) is 0 Å². The van der Waals surface area contributed by atoms with Crippen molar-refractivity contribution in [2.24, 2.45) is 0 Å². The normalized spacial score (nSPS) is 16.9. The van der Waals surface area contributed by atoms with Crippen molar-refractivity contribution in [3.63, 3.8) is 0 Å². The number of rotatable bonds is 5. The molecule has 1 aromatic carbocycles. The van der Waals surface area contributed by atoms with Gasteiger partial charge in [0.05, 0.1) is 11.8 Å². The van der Waals surface area contributed by atoms with Gasteiger partial charge in [-0.2, -0.15) is 0 Å². The van der Waals surface area contributed by atoms with E-state index in [1.54, 1.807) is 13.8 Å². The molecular formula is C17H23NO3. The molecule has 21 heavy (non-hydrogen) atoms. The number of carbonyl (C=O) groups is 2. The smallest absolute Gasteiger partial charge is 0.305 e. The molecule has 1 aliphatic rings. The van der Waals surface area contributed by atoms with Gasteiger partial charge in [-0.3, -0.25) is 9.59 Å². The Kier molecular flexibility index (Phi) is 4.08. The zero-order chi connectivity index (χ0) is 15.7. The molecular weight excluding hydrogens is 266 g/mol. The van der Waals surface area contributed by atoms with E-state index in [9.17, 15) is 9.59 Å². The minimum absolute atomic E-state index is 0.0504. The topological polar surface area (TPSA) is 66.4 Å². The van der Waals surface area contributed by atoms with E-state index in [1.807, 2.05) is 25.1 Å². The molecule has 0 atom stereocenters. The fourth-order valence-corrected chi connectivity index (χ4v) is 2.97. The van der Waals surface area contributed by atoms with Gasteiger partial charge in [0.15, 0.2) is 0 Å². The fraction of sp³-hybridized carbons (Fsp3) is 0.529. The molecule has 4 heteroatoms. The van der Waals surface area contributed by atoms with Crippen LogP contribution < -0.4 is 5.32 Å². The van der Waals surface area contributed by atoms with Crippen LogP contribution in [0.15, 0.2) is 24.3 Å². The van der Waals surface area contributed by atoms with Gasteiger partial charge in [-0.15, -0.1) is 0 Å². The number of carboxylic acid groups (broad SMARTS) is 1. The highest BCUT2D eigenvalue weighted by atomic mass is 16.4. The largest absolute Gasteiger partial charge is 0.481 e. The van der Waals surface area contributed by atoms with E-state index in [4.69, 9.17) is 5.11 Å². The van der Waals surface area contributed by atoms with Crippen LogP contribution in [0.5, 0.6) is 0 Å². The summed E-state index contributed by atoms with van der Waals surface area (Å²) in [6.45, 7) is 5.52. The Morgan fingerprint density at radius 3 is 2.48 bits per heavy atom. The lowest BCUT2D eigenvalue weighted by Crippen LogP contribution is -2.55. The average molecular weight is 289 g/mol. The van der Waals surface area contributed by atoms with Crippen LogP contribution in [-0.4, -0.2) is 22.5 Å². The lowest BCUT2D eigenvalue weighted by Gasteiger charge is -2.43. The van der Waals surface area contributed by atoms with Crippen LogP contribution in [0.4, 0.5) is 0 Å². The number of amides is 1. The molecule has 1 aliphatic carbocycles. The van der Waals surface area contributed by atoms with Gasteiger partial charge in [0.1, 0.15) is 0 Å². The van der Waals surface area contributed by atoms with Gasteiger partial charge in [-0.1, -0.05) is 36.2 Å². The lowest BCUT2D eigenvalue weighted by atomic mass is 9.63. The van der Waals surface area contributed by atoms with Crippen LogP contribution in [0.1, 0.15) is 50.7 Å². The number of carboxylic acids is 1. The summed E-state index contributed by atoms with van der Waals surface area (Å²) in [5.41, 5.74) is 0.950. The Balaban J connectivity index is 2.21. The molecule has 0 aliphatic heterocycles. The summed E-state index contributed by atoms with van der Waals surface area (Å²) in [7, 11) is 0. The number of carbonyl (C=O) groups excluding carboxylic acids is 1. The maximum absolute atomic E-state index is 12.8. The quantitative estimate of drug-likeness (QED) is 0.876. The number of hydrogen-bond acceptors (Lipinski definition) is 2. The van der Waals surface area contributed by atoms with Gasteiger partial charge in [0.2, 0.25) is 5.91 Å². The molecule has 1 aromatic rings. The molecule has 2 N–H and O–H groups in total. The van der Waals surface area contributed by atoms with Crippen LogP contribution in [0, 0.1) is 6.92 Å². The minimum Gasteiger partial charge on any atom is -0.481 e. The molecule has 0 bridgehead atoms. The Hall–Kier alpha value is -1.84. The third kappa shape index (κ3) is 3.26. The molecule has 0 aromatic heterocycles. The predicted octanol–water partition coefficient (Wildman–Crippen LogP) is 2.79. The van der Waals surface area contributed by atoms with Crippen molar-refractivity contribution >= 4 is 11.9 Å². The summed E-state index contributed by atoms with van der Waals surface area (Å²) in [5, 5.41) is 11.9. The van der Waals surface area contributed by atoms with Crippen LogP contribution in [-0.2, 0) is 15.0 Å². The number of benzene rings is 1. The van der Waals surface area contributed by atoms with Crippen molar-refractivity contribution in [3.8, 4) is 0 Å². The summed E-state index contributed by atoms with van der Waals surface area (Å²) < 4.78 is 0. The molecule has 2 rings (SSSR count). The van der Waals surface area contributed by atoms with Gasteiger partial charge in [-0.05, 0) is 39.2 Å². The first-order valence-electron chi connectivity index (χ1n) is 7.37. The highest BCUT2D eigenvalue weighted by Gasteiger charge is 2.47. The first kappa shape index (κ1) is 15.5. The van der Waals surface area contributed by atoms with E-state index < -0.39 is 16.9 Å². The highest BCUT2D eigenvalue weighted by molar-refractivity contribution is 5.90. The van der Waals surface area contributed by atoms with Gasteiger partial charge in [-0.25, -0.2) is 0 Å². The number of nitrogens with one attached hydrogen (secondary N) is 1. The number of aliphatic carboxylic acids is 1. The first-order valence-corrected chi connectivity index (χ1v) is 7.37. The number of aryl methyl sites for hydroxylation is 1. The van der Waals surface area contributed by atoms with Crippen molar-refractivity contribution in [1.82, 2.24) is 5.32 Å².